The van der Waals surface area contributed by atoms with Crippen LogP contribution in [0.15, 0.2) is 0 Å². The van der Waals surface area contributed by atoms with E-state index in [1.54, 1.807) is 11.8 Å². The molecule has 0 unspecified atom stereocenters. The van der Waals surface area contributed by atoms with Crippen LogP contribution in [0.1, 0.15) is 53.9 Å². The van der Waals surface area contributed by atoms with Crippen LogP contribution in [0.25, 0.3) is 0 Å². The quantitative estimate of drug-likeness (QED) is 0.713. The average Bonchev–Trinajstić information content (AvgIpc) is 2.34. The minimum Gasteiger partial charge on any atom is -0.480 e. The van der Waals surface area contributed by atoms with Crippen LogP contribution in [-0.4, -0.2) is 40.6 Å². The standard InChI is InChI=1S/C14H28N2O3/c1-6-11(7-2)16(9-10(4)5)14(19)15-12(8-3)13(17)18/h10-12H,6-9H2,1-5H3,(H,15,19)(H,17,18)/t12-/m0/s1. The third kappa shape index (κ3) is 5.94. The number of carboxylic acid groups (broad SMARTS) is 1. The number of urea groups is 1. The van der Waals surface area contributed by atoms with Crippen LogP contribution in [0.4, 0.5) is 4.79 Å². The van der Waals surface area contributed by atoms with E-state index in [-0.39, 0.29) is 12.1 Å². The number of rotatable bonds is 8. The fourth-order valence-electron chi connectivity index (χ4n) is 2.09. The van der Waals surface area contributed by atoms with E-state index in [0.717, 1.165) is 12.8 Å². The first-order chi connectivity index (χ1) is 8.87. The molecule has 0 rings (SSSR count). The van der Waals surface area contributed by atoms with Gasteiger partial charge in [0.15, 0.2) is 0 Å². The Kier molecular flexibility index (Phi) is 8.19. The monoisotopic (exact) mass is 272 g/mol. The first-order valence-corrected chi connectivity index (χ1v) is 7.17. The fraction of sp³-hybridized carbons (Fsp3) is 0.857. The van der Waals surface area contributed by atoms with Gasteiger partial charge in [-0.15, -0.1) is 0 Å². The van der Waals surface area contributed by atoms with Crippen LogP contribution in [0, 0.1) is 5.92 Å². The molecular weight excluding hydrogens is 244 g/mol. The molecule has 0 aromatic heterocycles. The topological polar surface area (TPSA) is 69.6 Å². The van der Waals surface area contributed by atoms with Crippen LogP contribution in [0.2, 0.25) is 0 Å². The lowest BCUT2D eigenvalue weighted by Gasteiger charge is -2.33. The molecule has 0 heterocycles. The van der Waals surface area contributed by atoms with Crippen molar-refractivity contribution < 1.29 is 14.7 Å². The second-order valence-corrected chi connectivity index (χ2v) is 5.27. The minimum absolute atomic E-state index is 0.161. The molecule has 0 saturated carbocycles. The number of nitrogens with one attached hydrogen (secondary N) is 1. The van der Waals surface area contributed by atoms with Crippen molar-refractivity contribution in [1.29, 1.82) is 0 Å². The molecule has 0 aromatic rings. The molecule has 0 aliphatic heterocycles. The summed E-state index contributed by atoms with van der Waals surface area (Å²) < 4.78 is 0. The van der Waals surface area contributed by atoms with E-state index in [0.29, 0.717) is 18.9 Å². The zero-order valence-electron chi connectivity index (χ0n) is 12.8. The molecule has 0 radical (unpaired) electrons. The summed E-state index contributed by atoms with van der Waals surface area (Å²) in [7, 11) is 0. The minimum atomic E-state index is -0.982. The molecule has 0 spiro atoms. The number of carbonyl (C=O) groups is 2. The lowest BCUT2D eigenvalue weighted by molar-refractivity contribution is -0.139. The van der Waals surface area contributed by atoms with Gasteiger partial charge in [-0.3, -0.25) is 0 Å². The molecule has 0 aliphatic carbocycles. The summed E-state index contributed by atoms with van der Waals surface area (Å²) in [5.74, 6) is -0.624. The maximum absolute atomic E-state index is 12.3. The van der Waals surface area contributed by atoms with E-state index >= 15 is 0 Å². The van der Waals surface area contributed by atoms with Gasteiger partial charge in [0.25, 0.3) is 0 Å². The molecule has 1 atom stereocenters. The predicted molar refractivity (Wildman–Crippen MR) is 76.2 cm³/mol. The van der Waals surface area contributed by atoms with Crippen molar-refractivity contribution in [3.8, 4) is 0 Å². The SMILES string of the molecule is CCC(CC)N(CC(C)C)C(=O)N[C@@H](CC)C(=O)O. The molecule has 0 bridgehead atoms. The Balaban J connectivity index is 4.84. The maximum Gasteiger partial charge on any atom is 0.326 e. The summed E-state index contributed by atoms with van der Waals surface area (Å²) in [6, 6.07) is -0.915. The summed E-state index contributed by atoms with van der Waals surface area (Å²) in [6.07, 6.45) is 2.14. The second-order valence-electron chi connectivity index (χ2n) is 5.27. The van der Waals surface area contributed by atoms with Gasteiger partial charge in [-0.05, 0) is 25.2 Å². The molecule has 2 amide bonds. The number of amides is 2. The molecule has 19 heavy (non-hydrogen) atoms. The van der Waals surface area contributed by atoms with Gasteiger partial charge in [-0.25, -0.2) is 9.59 Å². The van der Waals surface area contributed by atoms with E-state index in [2.05, 4.69) is 19.2 Å². The van der Waals surface area contributed by atoms with Crippen LogP contribution in [0.3, 0.4) is 0 Å². The fourth-order valence-corrected chi connectivity index (χ4v) is 2.09. The highest BCUT2D eigenvalue weighted by Gasteiger charge is 2.25. The van der Waals surface area contributed by atoms with Crippen LogP contribution < -0.4 is 5.32 Å². The van der Waals surface area contributed by atoms with E-state index in [4.69, 9.17) is 5.11 Å². The third-order valence-electron chi connectivity index (χ3n) is 3.21. The lowest BCUT2D eigenvalue weighted by atomic mass is 10.1. The summed E-state index contributed by atoms with van der Waals surface area (Å²) in [5.41, 5.74) is 0. The first kappa shape index (κ1) is 17.7. The van der Waals surface area contributed by atoms with Gasteiger partial charge in [0, 0.05) is 12.6 Å². The van der Waals surface area contributed by atoms with E-state index < -0.39 is 12.0 Å². The van der Waals surface area contributed by atoms with Crippen LogP contribution in [0.5, 0.6) is 0 Å². The highest BCUT2D eigenvalue weighted by Crippen LogP contribution is 2.12. The normalized spacial score (nSPS) is 12.6. The summed E-state index contributed by atoms with van der Waals surface area (Å²) in [5, 5.41) is 11.6. The Morgan fingerprint density at radius 1 is 1.11 bits per heavy atom. The highest BCUT2D eigenvalue weighted by atomic mass is 16.4. The molecule has 5 nitrogen and oxygen atoms in total. The van der Waals surface area contributed by atoms with Crippen molar-refractivity contribution in [1.82, 2.24) is 10.2 Å². The largest absolute Gasteiger partial charge is 0.480 e. The number of aliphatic carboxylic acids is 1. The number of nitrogens with zero attached hydrogens (tertiary/aromatic N) is 1. The Morgan fingerprint density at radius 2 is 1.63 bits per heavy atom. The molecule has 112 valence electrons. The Morgan fingerprint density at radius 3 is 1.95 bits per heavy atom. The van der Waals surface area contributed by atoms with Gasteiger partial charge in [0.2, 0.25) is 0 Å². The maximum atomic E-state index is 12.3. The van der Waals surface area contributed by atoms with Crippen LogP contribution in [-0.2, 0) is 4.79 Å². The molecule has 0 fully saturated rings. The average molecular weight is 272 g/mol. The van der Waals surface area contributed by atoms with E-state index in [1.165, 1.54) is 0 Å². The zero-order chi connectivity index (χ0) is 15.0. The van der Waals surface area contributed by atoms with Crippen molar-refractivity contribution in [3.05, 3.63) is 0 Å². The van der Waals surface area contributed by atoms with Crippen molar-refractivity contribution in [3.63, 3.8) is 0 Å². The molecular formula is C14H28N2O3. The van der Waals surface area contributed by atoms with Gasteiger partial charge in [0.1, 0.15) is 6.04 Å². The van der Waals surface area contributed by atoms with Gasteiger partial charge < -0.3 is 15.3 Å². The summed E-state index contributed by atoms with van der Waals surface area (Å²) >= 11 is 0. The zero-order valence-corrected chi connectivity index (χ0v) is 12.8. The molecule has 0 aliphatic rings. The number of carboxylic acids is 1. The lowest BCUT2D eigenvalue weighted by Crippen LogP contribution is -2.52. The number of carbonyl (C=O) groups excluding carboxylic acids is 1. The van der Waals surface area contributed by atoms with Crippen molar-refractivity contribution in [2.24, 2.45) is 5.92 Å². The van der Waals surface area contributed by atoms with Crippen LogP contribution >= 0.6 is 0 Å². The molecule has 2 N–H and O–H groups in total. The first-order valence-electron chi connectivity index (χ1n) is 7.17. The third-order valence-corrected chi connectivity index (χ3v) is 3.21. The second kappa shape index (κ2) is 8.77. The van der Waals surface area contributed by atoms with Gasteiger partial charge >= 0.3 is 12.0 Å². The Labute approximate surface area is 116 Å². The van der Waals surface area contributed by atoms with Gasteiger partial charge in [-0.1, -0.05) is 34.6 Å². The predicted octanol–water partition coefficient (Wildman–Crippen LogP) is 2.71. The Bertz CT molecular complexity index is 288. The van der Waals surface area contributed by atoms with Crippen molar-refractivity contribution >= 4 is 12.0 Å². The Hall–Kier alpha value is -1.26. The van der Waals surface area contributed by atoms with Crippen molar-refractivity contribution in [2.45, 2.75) is 66.0 Å². The molecule has 0 saturated heterocycles. The summed E-state index contributed by atoms with van der Waals surface area (Å²) in [6.45, 7) is 10.6. The van der Waals surface area contributed by atoms with E-state index in [9.17, 15) is 9.59 Å². The smallest absolute Gasteiger partial charge is 0.326 e. The van der Waals surface area contributed by atoms with Gasteiger partial charge in [-0.2, -0.15) is 0 Å². The number of hydrogen-bond donors (Lipinski definition) is 2. The molecule has 5 heteroatoms. The van der Waals surface area contributed by atoms with E-state index in [1.807, 2.05) is 13.8 Å². The van der Waals surface area contributed by atoms with Crippen molar-refractivity contribution in [2.75, 3.05) is 6.54 Å². The van der Waals surface area contributed by atoms with Gasteiger partial charge in [0.05, 0.1) is 0 Å². The number of hydrogen-bond acceptors (Lipinski definition) is 2. The highest BCUT2D eigenvalue weighted by molar-refractivity contribution is 5.82. The molecule has 0 aromatic carbocycles. The summed E-state index contributed by atoms with van der Waals surface area (Å²) in [4.78, 5) is 25.0.